The predicted molar refractivity (Wildman–Crippen MR) is 70.8 cm³/mol. The summed E-state index contributed by atoms with van der Waals surface area (Å²) in [6.07, 6.45) is 3.41. The molecule has 0 aliphatic rings. The number of nitrogens with one attached hydrogen (secondary N) is 1. The molecule has 17 heavy (non-hydrogen) atoms. The first-order valence-electron chi connectivity index (χ1n) is 6.68. The molecule has 0 aromatic carbocycles. The second-order valence-electron chi connectivity index (χ2n) is 4.55. The Morgan fingerprint density at radius 2 is 1.88 bits per heavy atom. The summed E-state index contributed by atoms with van der Waals surface area (Å²) in [5.41, 5.74) is 5.83. The number of hydrogen-bond donors (Lipinski definition) is 2. The first kappa shape index (κ1) is 16.4. The lowest BCUT2D eigenvalue weighted by Crippen LogP contribution is -2.42. The molecule has 0 rings (SSSR count). The number of amides is 1. The topological polar surface area (TPSA) is 64.3 Å². The van der Waals surface area contributed by atoms with Crippen LogP contribution in [0, 0.1) is 5.41 Å². The lowest BCUT2D eigenvalue weighted by Gasteiger charge is -2.30. The minimum Gasteiger partial charge on any atom is -0.381 e. The van der Waals surface area contributed by atoms with Crippen LogP contribution in [-0.2, 0) is 9.53 Å². The highest BCUT2D eigenvalue weighted by Gasteiger charge is 2.24. The molecule has 0 unspecified atom stereocenters. The smallest absolute Gasteiger partial charge is 0.222 e. The van der Waals surface area contributed by atoms with Crippen molar-refractivity contribution in [1.29, 1.82) is 0 Å². The van der Waals surface area contributed by atoms with Crippen LogP contribution in [0.4, 0.5) is 0 Å². The summed E-state index contributed by atoms with van der Waals surface area (Å²) in [5.74, 6) is 0.0563. The Balaban J connectivity index is 3.81. The van der Waals surface area contributed by atoms with E-state index in [9.17, 15) is 4.79 Å². The highest BCUT2D eigenvalue weighted by atomic mass is 16.5. The maximum atomic E-state index is 11.6. The van der Waals surface area contributed by atoms with Crippen molar-refractivity contribution in [3.63, 3.8) is 0 Å². The Kier molecular flexibility index (Phi) is 9.09. The normalized spacial score (nSPS) is 11.5. The molecule has 0 bridgehead atoms. The van der Waals surface area contributed by atoms with E-state index in [1.165, 1.54) is 0 Å². The van der Waals surface area contributed by atoms with Gasteiger partial charge in [-0.15, -0.1) is 0 Å². The van der Waals surface area contributed by atoms with Crippen LogP contribution >= 0.6 is 0 Å². The van der Waals surface area contributed by atoms with Crippen LogP contribution in [0.2, 0.25) is 0 Å². The van der Waals surface area contributed by atoms with Crippen molar-refractivity contribution in [2.24, 2.45) is 11.1 Å². The number of hydrogen-bond acceptors (Lipinski definition) is 3. The van der Waals surface area contributed by atoms with Gasteiger partial charge in [0.2, 0.25) is 5.91 Å². The Morgan fingerprint density at radius 3 is 2.35 bits per heavy atom. The van der Waals surface area contributed by atoms with E-state index in [4.69, 9.17) is 10.5 Å². The van der Waals surface area contributed by atoms with Crippen molar-refractivity contribution in [3.8, 4) is 0 Å². The molecule has 0 aromatic rings. The van der Waals surface area contributed by atoms with Gasteiger partial charge in [0.15, 0.2) is 0 Å². The van der Waals surface area contributed by atoms with Gasteiger partial charge >= 0.3 is 0 Å². The monoisotopic (exact) mass is 244 g/mol. The summed E-state index contributed by atoms with van der Waals surface area (Å²) in [7, 11) is 0. The molecule has 0 aliphatic carbocycles. The first-order valence-corrected chi connectivity index (χ1v) is 6.68. The van der Waals surface area contributed by atoms with Gasteiger partial charge in [-0.05, 0) is 31.2 Å². The maximum Gasteiger partial charge on any atom is 0.222 e. The lowest BCUT2D eigenvalue weighted by atomic mass is 9.82. The van der Waals surface area contributed by atoms with Gasteiger partial charge in [0.25, 0.3) is 0 Å². The number of carbonyl (C=O) groups excluding carboxylic acids is 1. The van der Waals surface area contributed by atoms with Gasteiger partial charge in [0, 0.05) is 19.6 Å². The minimum absolute atomic E-state index is 0.0555. The third-order valence-electron chi connectivity index (χ3n) is 3.42. The molecule has 102 valence electrons. The van der Waals surface area contributed by atoms with E-state index in [2.05, 4.69) is 26.1 Å². The van der Waals surface area contributed by atoms with E-state index in [1.54, 1.807) is 0 Å². The quantitative estimate of drug-likeness (QED) is 0.575. The second-order valence-corrected chi connectivity index (χ2v) is 4.55. The van der Waals surface area contributed by atoms with Crippen LogP contribution in [0.3, 0.4) is 0 Å². The SMILES string of the molecule is CCCOCCC(=O)NCC(CC)(CC)CN. The van der Waals surface area contributed by atoms with Crippen LogP contribution in [0.15, 0.2) is 0 Å². The van der Waals surface area contributed by atoms with Gasteiger partial charge < -0.3 is 15.8 Å². The van der Waals surface area contributed by atoms with E-state index < -0.39 is 0 Å². The largest absolute Gasteiger partial charge is 0.381 e. The fourth-order valence-corrected chi connectivity index (χ4v) is 1.65. The molecule has 0 atom stereocenters. The summed E-state index contributed by atoms with van der Waals surface area (Å²) in [4.78, 5) is 11.6. The molecule has 0 saturated heterocycles. The van der Waals surface area contributed by atoms with Crippen molar-refractivity contribution in [2.75, 3.05) is 26.3 Å². The fraction of sp³-hybridized carbons (Fsp3) is 0.923. The summed E-state index contributed by atoms with van der Waals surface area (Å²) in [6.45, 7) is 8.81. The molecule has 0 spiro atoms. The standard InChI is InChI=1S/C13H28N2O2/c1-4-8-17-9-7-12(16)15-11-13(5-2,6-3)10-14/h4-11,14H2,1-3H3,(H,15,16). The van der Waals surface area contributed by atoms with Crippen molar-refractivity contribution in [3.05, 3.63) is 0 Å². The molecular formula is C13H28N2O2. The van der Waals surface area contributed by atoms with Crippen LogP contribution in [-0.4, -0.2) is 32.2 Å². The van der Waals surface area contributed by atoms with Gasteiger partial charge in [-0.3, -0.25) is 4.79 Å². The van der Waals surface area contributed by atoms with Crippen molar-refractivity contribution in [1.82, 2.24) is 5.32 Å². The Morgan fingerprint density at radius 1 is 1.24 bits per heavy atom. The number of ether oxygens (including phenoxy) is 1. The van der Waals surface area contributed by atoms with Crippen LogP contribution in [0.25, 0.3) is 0 Å². The number of rotatable bonds is 10. The van der Waals surface area contributed by atoms with Gasteiger partial charge in [-0.25, -0.2) is 0 Å². The van der Waals surface area contributed by atoms with Gasteiger partial charge in [0.1, 0.15) is 0 Å². The van der Waals surface area contributed by atoms with Crippen molar-refractivity contribution in [2.45, 2.75) is 46.5 Å². The average Bonchev–Trinajstić information content (AvgIpc) is 2.37. The van der Waals surface area contributed by atoms with Crippen LogP contribution < -0.4 is 11.1 Å². The molecule has 0 heterocycles. The number of carbonyl (C=O) groups is 1. The molecule has 0 aromatic heterocycles. The van der Waals surface area contributed by atoms with E-state index >= 15 is 0 Å². The Labute approximate surface area is 105 Å². The van der Waals surface area contributed by atoms with E-state index in [1.807, 2.05) is 0 Å². The van der Waals surface area contributed by atoms with E-state index in [0.717, 1.165) is 25.9 Å². The summed E-state index contributed by atoms with van der Waals surface area (Å²) in [6, 6.07) is 0. The predicted octanol–water partition coefficient (Wildman–Crippen LogP) is 1.68. The molecule has 0 saturated carbocycles. The zero-order valence-corrected chi connectivity index (χ0v) is 11.6. The second kappa shape index (κ2) is 9.42. The molecule has 1 amide bonds. The van der Waals surface area contributed by atoms with Crippen LogP contribution in [0.5, 0.6) is 0 Å². The number of nitrogens with two attached hydrogens (primary N) is 1. The van der Waals surface area contributed by atoms with Gasteiger partial charge in [-0.1, -0.05) is 20.8 Å². The molecule has 4 heteroatoms. The summed E-state index contributed by atoms with van der Waals surface area (Å²) >= 11 is 0. The molecule has 0 aliphatic heterocycles. The molecule has 4 nitrogen and oxygen atoms in total. The lowest BCUT2D eigenvalue weighted by molar-refractivity contribution is -0.122. The molecule has 0 radical (unpaired) electrons. The highest BCUT2D eigenvalue weighted by Crippen LogP contribution is 2.23. The Hall–Kier alpha value is -0.610. The third-order valence-corrected chi connectivity index (χ3v) is 3.42. The molecule has 3 N–H and O–H groups in total. The van der Waals surface area contributed by atoms with Crippen molar-refractivity contribution >= 4 is 5.91 Å². The average molecular weight is 244 g/mol. The summed E-state index contributed by atoms with van der Waals surface area (Å²) in [5, 5.41) is 2.95. The van der Waals surface area contributed by atoms with Crippen molar-refractivity contribution < 1.29 is 9.53 Å². The molecular weight excluding hydrogens is 216 g/mol. The zero-order chi connectivity index (χ0) is 13.1. The third kappa shape index (κ3) is 6.64. The fourth-order valence-electron chi connectivity index (χ4n) is 1.65. The van der Waals surface area contributed by atoms with Gasteiger partial charge in [-0.2, -0.15) is 0 Å². The minimum atomic E-state index is 0.0555. The highest BCUT2D eigenvalue weighted by molar-refractivity contribution is 5.75. The van der Waals surface area contributed by atoms with E-state index in [0.29, 0.717) is 26.1 Å². The van der Waals surface area contributed by atoms with Gasteiger partial charge in [0.05, 0.1) is 6.61 Å². The summed E-state index contributed by atoms with van der Waals surface area (Å²) < 4.78 is 5.28. The van der Waals surface area contributed by atoms with E-state index in [-0.39, 0.29) is 11.3 Å². The van der Waals surface area contributed by atoms with Crippen LogP contribution in [0.1, 0.15) is 46.5 Å². The Bertz CT molecular complexity index is 195. The molecule has 0 fully saturated rings. The zero-order valence-electron chi connectivity index (χ0n) is 11.6. The maximum absolute atomic E-state index is 11.6. The first-order chi connectivity index (χ1) is 8.14.